The van der Waals surface area contributed by atoms with Crippen molar-refractivity contribution in [3.05, 3.63) is 30.3 Å². The fraction of sp³-hybridized carbons (Fsp3) is 0.364. The first kappa shape index (κ1) is 13.7. The Morgan fingerprint density at radius 2 is 1.76 bits per heavy atom. The van der Waals surface area contributed by atoms with E-state index in [1.807, 2.05) is 0 Å². The number of carbonyl (C=O) groups is 1. The summed E-state index contributed by atoms with van der Waals surface area (Å²) in [5.41, 5.74) is 0. The highest BCUT2D eigenvalue weighted by molar-refractivity contribution is 7.89. The molecule has 0 spiro atoms. The molecule has 94 valence electrons. The molecule has 1 aromatic carbocycles. The van der Waals surface area contributed by atoms with E-state index in [9.17, 15) is 13.2 Å². The van der Waals surface area contributed by atoms with Crippen LogP contribution in [0.5, 0.6) is 0 Å². The lowest BCUT2D eigenvalue weighted by atomic mass is 10.1. The van der Waals surface area contributed by atoms with Gasteiger partial charge in [-0.1, -0.05) is 32.0 Å². The van der Waals surface area contributed by atoms with Gasteiger partial charge in [0.2, 0.25) is 10.0 Å². The minimum absolute atomic E-state index is 0.0619. The van der Waals surface area contributed by atoms with Crippen LogP contribution in [0.4, 0.5) is 0 Å². The van der Waals surface area contributed by atoms with Gasteiger partial charge in [-0.05, 0) is 18.1 Å². The van der Waals surface area contributed by atoms with Crippen LogP contribution in [-0.2, 0) is 14.8 Å². The third-order valence-corrected chi connectivity index (χ3v) is 3.73. The second-order valence-corrected chi connectivity index (χ2v) is 5.71. The second kappa shape index (κ2) is 5.29. The van der Waals surface area contributed by atoms with Crippen molar-refractivity contribution in [3.63, 3.8) is 0 Å². The van der Waals surface area contributed by atoms with Gasteiger partial charge in [0.15, 0.2) is 0 Å². The van der Waals surface area contributed by atoms with Gasteiger partial charge in [0, 0.05) is 0 Å². The van der Waals surface area contributed by atoms with E-state index < -0.39 is 22.0 Å². The summed E-state index contributed by atoms with van der Waals surface area (Å²) in [5, 5.41) is 8.93. The predicted molar refractivity (Wildman–Crippen MR) is 63.0 cm³/mol. The third-order valence-electron chi connectivity index (χ3n) is 2.27. The van der Waals surface area contributed by atoms with E-state index >= 15 is 0 Å². The molecule has 0 aliphatic rings. The second-order valence-electron chi connectivity index (χ2n) is 3.99. The number of carboxylic acids is 1. The lowest BCUT2D eigenvalue weighted by Gasteiger charge is -2.17. The Balaban J connectivity index is 2.97. The Bertz CT molecular complexity index is 481. The molecule has 1 atom stereocenters. The minimum atomic E-state index is -3.78. The molecule has 0 aliphatic carbocycles. The topological polar surface area (TPSA) is 83.5 Å². The van der Waals surface area contributed by atoms with Crippen molar-refractivity contribution in [2.24, 2.45) is 5.92 Å². The zero-order chi connectivity index (χ0) is 13.1. The summed E-state index contributed by atoms with van der Waals surface area (Å²) < 4.78 is 25.9. The van der Waals surface area contributed by atoms with Crippen molar-refractivity contribution in [2.75, 3.05) is 0 Å². The summed E-state index contributed by atoms with van der Waals surface area (Å²) in [7, 11) is -3.78. The molecule has 5 nitrogen and oxygen atoms in total. The van der Waals surface area contributed by atoms with Crippen molar-refractivity contribution in [1.29, 1.82) is 0 Å². The summed E-state index contributed by atoms with van der Waals surface area (Å²) in [6.07, 6.45) is 0. The molecule has 0 aromatic heterocycles. The summed E-state index contributed by atoms with van der Waals surface area (Å²) in [4.78, 5) is 11.0. The fourth-order valence-electron chi connectivity index (χ4n) is 1.31. The maximum atomic E-state index is 11.9. The maximum Gasteiger partial charge on any atom is 0.322 e. The zero-order valence-corrected chi connectivity index (χ0v) is 10.4. The van der Waals surface area contributed by atoms with Gasteiger partial charge in [-0.2, -0.15) is 4.72 Å². The number of sulfonamides is 1. The SMILES string of the molecule is CC(C)C(NS(=O)(=O)c1ccccc1)C(=O)O. The molecule has 1 aromatic rings. The fourth-order valence-corrected chi connectivity index (χ4v) is 2.67. The predicted octanol–water partition coefficient (Wildman–Crippen LogP) is 1.07. The standard InChI is InChI=1S/C11H15NO4S/c1-8(2)10(11(13)14)12-17(15,16)9-6-4-3-5-7-9/h3-8,10,12H,1-2H3,(H,13,14). The van der Waals surface area contributed by atoms with Gasteiger partial charge >= 0.3 is 5.97 Å². The first-order chi connectivity index (χ1) is 7.84. The quantitative estimate of drug-likeness (QED) is 0.826. The molecular weight excluding hydrogens is 242 g/mol. The van der Waals surface area contributed by atoms with E-state index in [0.717, 1.165) is 0 Å². The molecule has 2 N–H and O–H groups in total. The molecule has 0 bridgehead atoms. The molecule has 0 aliphatic heterocycles. The summed E-state index contributed by atoms with van der Waals surface area (Å²) in [6.45, 7) is 3.29. The summed E-state index contributed by atoms with van der Waals surface area (Å²) in [5.74, 6) is -1.51. The number of carboxylic acid groups (broad SMARTS) is 1. The van der Waals surface area contributed by atoms with Gasteiger partial charge in [-0.15, -0.1) is 0 Å². The van der Waals surface area contributed by atoms with Crippen LogP contribution in [0.1, 0.15) is 13.8 Å². The monoisotopic (exact) mass is 257 g/mol. The summed E-state index contributed by atoms with van der Waals surface area (Å²) >= 11 is 0. The lowest BCUT2D eigenvalue weighted by molar-refractivity contribution is -0.140. The number of benzene rings is 1. The Kier molecular flexibility index (Phi) is 4.25. The van der Waals surface area contributed by atoms with Gasteiger partial charge in [0.05, 0.1) is 4.90 Å². The van der Waals surface area contributed by atoms with Gasteiger partial charge in [-0.25, -0.2) is 8.42 Å². The van der Waals surface area contributed by atoms with Crippen molar-refractivity contribution in [1.82, 2.24) is 4.72 Å². The Labute approximate surface area is 101 Å². The van der Waals surface area contributed by atoms with Gasteiger partial charge in [0.25, 0.3) is 0 Å². The zero-order valence-electron chi connectivity index (χ0n) is 9.62. The molecule has 0 radical (unpaired) electrons. The van der Waals surface area contributed by atoms with Crippen LogP contribution in [0.25, 0.3) is 0 Å². The van der Waals surface area contributed by atoms with Gasteiger partial charge in [0.1, 0.15) is 6.04 Å². The Morgan fingerprint density at radius 1 is 1.24 bits per heavy atom. The molecule has 0 fully saturated rings. The largest absolute Gasteiger partial charge is 0.480 e. The number of hydrogen-bond acceptors (Lipinski definition) is 3. The highest BCUT2D eigenvalue weighted by Crippen LogP contribution is 2.11. The van der Waals surface area contributed by atoms with E-state index in [2.05, 4.69) is 4.72 Å². The van der Waals surface area contributed by atoms with Crippen molar-refractivity contribution in [3.8, 4) is 0 Å². The van der Waals surface area contributed by atoms with Gasteiger partial charge < -0.3 is 5.11 Å². The Hall–Kier alpha value is -1.40. The van der Waals surface area contributed by atoms with Crippen LogP contribution in [-0.4, -0.2) is 25.5 Å². The maximum absolute atomic E-state index is 11.9. The third kappa shape index (κ3) is 3.54. The Morgan fingerprint density at radius 3 is 2.18 bits per heavy atom. The highest BCUT2D eigenvalue weighted by Gasteiger charge is 2.27. The van der Waals surface area contributed by atoms with E-state index in [1.54, 1.807) is 32.0 Å². The van der Waals surface area contributed by atoms with E-state index in [0.29, 0.717) is 0 Å². The molecule has 1 rings (SSSR count). The van der Waals surface area contributed by atoms with Crippen molar-refractivity contribution in [2.45, 2.75) is 24.8 Å². The molecule has 1 unspecified atom stereocenters. The van der Waals surface area contributed by atoms with Crippen LogP contribution in [0, 0.1) is 5.92 Å². The average molecular weight is 257 g/mol. The molecule has 17 heavy (non-hydrogen) atoms. The van der Waals surface area contributed by atoms with Crippen LogP contribution in [0.15, 0.2) is 35.2 Å². The van der Waals surface area contributed by atoms with E-state index in [1.165, 1.54) is 12.1 Å². The molecule has 6 heteroatoms. The first-order valence-electron chi connectivity index (χ1n) is 5.15. The average Bonchev–Trinajstić information content (AvgIpc) is 2.26. The van der Waals surface area contributed by atoms with Crippen LogP contribution < -0.4 is 4.72 Å². The minimum Gasteiger partial charge on any atom is -0.480 e. The molecular formula is C11H15NO4S. The number of nitrogens with one attached hydrogen (secondary N) is 1. The number of aliphatic carboxylic acids is 1. The smallest absolute Gasteiger partial charge is 0.322 e. The van der Waals surface area contributed by atoms with Crippen LogP contribution in [0.3, 0.4) is 0 Å². The van der Waals surface area contributed by atoms with Crippen molar-refractivity contribution >= 4 is 16.0 Å². The molecule has 0 amide bonds. The highest BCUT2D eigenvalue weighted by atomic mass is 32.2. The first-order valence-corrected chi connectivity index (χ1v) is 6.63. The molecule has 0 heterocycles. The molecule has 0 saturated heterocycles. The van der Waals surface area contributed by atoms with Crippen molar-refractivity contribution < 1.29 is 18.3 Å². The summed E-state index contributed by atoms with van der Waals surface area (Å²) in [6, 6.07) is 6.57. The van der Waals surface area contributed by atoms with Crippen LogP contribution in [0.2, 0.25) is 0 Å². The van der Waals surface area contributed by atoms with E-state index in [4.69, 9.17) is 5.11 Å². The van der Waals surface area contributed by atoms with E-state index in [-0.39, 0.29) is 10.8 Å². The number of hydrogen-bond donors (Lipinski definition) is 2. The normalized spacial score (nSPS) is 13.6. The lowest BCUT2D eigenvalue weighted by Crippen LogP contribution is -2.44. The van der Waals surface area contributed by atoms with Crippen LogP contribution >= 0.6 is 0 Å². The molecule has 0 saturated carbocycles. The number of rotatable bonds is 5. The van der Waals surface area contributed by atoms with Gasteiger partial charge in [-0.3, -0.25) is 4.79 Å².